The average molecular weight is 590 g/mol. The van der Waals surface area contributed by atoms with Gasteiger partial charge >= 0.3 is 0 Å². The van der Waals surface area contributed by atoms with Crippen molar-refractivity contribution >= 4 is 44.9 Å². The Morgan fingerprint density at radius 1 is 1.19 bits per heavy atom. The topological polar surface area (TPSA) is 109 Å². The maximum absolute atomic E-state index is 13.9. The molecule has 1 saturated carbocycles. The van der Waals surface area contributed by atoms with Crippen molar-refractivity contribution in [3.8, 4) is 6.07 Å². The van der Waals surface area contributed by atoms with E-state index in [0.29, 0.717) is 57.9 Å². The zero-order chi connectivity index (χ0) is 29.8. The van der Waals surface area contributed by atoms with E-state index in [1.54, 1.807) is 18.6 Å². The molecule has 0 spiro atoms. The molecule has 0 aliphatic heterocycles. The van der Waals surface area contributed by atoms with Crippen LogP contribution in [0, 0.1) is 16.7 Å². The smallest absolute Gasteiger partial charge is 0.263 e. The van der Waals surface area contributed by atoms with E-state index in [1.807, 2.05) is 35.9 Å². The summed E-state index contributed by atoms with van der Waals surface area (Å²) < 4.78 is 31.1. The number of fused-ring (bicyclic) bond motifs is 2. The molecule has 1 unspecified atom stereocenters. The molecule has 2 aromatic carbocycles. The van der Waals surface area contributed by atoms with Crippen molar-refractivity contribution in [1.29, 1.82) is 5.26 Å². The molecule has 1 atom stereocenters. The lowest BCUT2D eigenvalue weighted by molar-refractivity contribution is 0.0593. The molecule has 1 fully saturated rings. The number of nitrogens with one attached hydrogen (secondary N) is 2. The van der Waals surface area contributed by atoms with E-state index in [4.69, 9.17) is 11.6 Å². The number of pyridine rings is 1. The van der Waals surface area contributed by atoms with Gasteiger partial charge in [-0.2, -0.15) is 5.26 Å². The molecule has 6 rings (SSSR count). The molecule has 0 radical (unpaired) electrons. The fraction of sp³-hybridized carbons (Fsp3) is 0.367. The molecule has 1 aliphatic carbocycles. The normalized spacial score (nSPS) is 15.2. The van der Waals surface area contributed by atoms with E-state index in [2.05, 4.69) is 57.8 Å². The maximum Gasteiger partial charge on any atom is 0.263 e. The van der Waals surface area contributed by atoms with Gasteiger partial charge in [-0.1, -0.05) is 49.7 Å². The summed E-state index contributed by atoms with van der Waals surface area (Å²) in [7, 11) is 1.90. The number of hydrogen-bond acceptors (Lipinski definition) is 7. The Kier molecular flexibility index (Phi) is 6.77. The summed E-state index contributed by atoms with van der Waals surface area (Å²) in [6.45, 7) is 6.93. The number of hydrogen-bond donors (Lipinski definition) is 2. The van der Waals surface area contributed by atoms with Gasteiger partial charge < -0.3 is 15.2 Å². The highest BCUT2D eigenvalue weighted by Gasteiger charge is 2.54. The molecule has 2 N–H and O–H groups in total. The van der Waals surface area contributed by atoms with Crippen LogP contribution in [0.2, 0.25) is 5.02 Å². The zero-order valence-electron chi connectivity index (χ0n) is 23.7. The summed E-state index contributed by atoms with van der Waals surface area (Å²) in [6, 6.07) is 11.1. The van der Waals surface area contributed by atoms with Gasteiger partial charge in [-0.25, -0.2) is 18.4 Å². The number of rotatable bonds is 8. The van der Waals surface area contributed by atoms with Crippen LogP contribution in [0.1, 0.15) is 56.5 Å². The minimum Gasteiger partial charge on any atom is -0.383 e. The summed E-state index contributed by atoms with van der Waals surface area (Å²) in [5.74, 6) is 0. The third kappa shape index (κ3) is 4.90. The van der Waals surface area contributed by atoms with Crippen LogP contribution in [-0.2, 0) is 12.6 Å². The minimum atomic E-state index is -2.54. The van der Waals surface area contributed by atoms with Crippen molar-refractivity contribution in [3.05, 3.63) is 70.9 Å². The molecule has 42 heavy (non-hydrogen) atoms. The quantitative estimate of drug-likeness (QED) is 0.208. The van der Waals surface area contributed by atoms with Gasteiger partial charge in [0.2, 0.25) is 0 Å². The van der Waals surface area contributed by atoms with Crippen LogP contribution in [-0.4, -0.2) is 42.5 Å². The van der Waals surface area contributed by atoms with Gasteiger partial charge in [0.25, 0.3) is 6.43 Å². The number of anilines is 2. The van der Waals surface area contributed by atoms with E-state index in [1.165, 1.54) is 10.9 Å². The number of benzene rings is 2. The fourth-order valence-electron chi connectivity index (χ4n) is 5.23. The first kappa shape index (κ1) is 27.8. The second kappa shape index (κ2) is 10.2. The van der Waals surface area contributed by atoms with E-state index < -0.39 is 18.0 Å². The van der Waals surface area contributed by atoms with Gasteiger partial charge in [0.05, 0.1) is 51.4 Å². The molecule has 216 valence electrons. The highest BCUT2D eigenvalue weighted by molar-refractivity contribution is 6.35. The van der Waals surface area contributed by atoms with Gasteiger partial charge in [-0.05, 0) is 36.5 Å². The van der Waals surface area contributed by atoms with Gasteiger partial charge in [-0.15, -0.1) is 5.10 Å². The Labute approximate surface area is 246 Å². The number of alkyl halides is 2. The molecule has 12 heteroatoms. The Bertz CT molecular complexity index is 1840. The first-order chi connectivity index (χ1) is 20.0. The highest BCUT2D eigenvalue weighted by atomic mass is 35.5. The number of aryl methyl sites for hydroxylation is 1. The van der Waals surface area contributed by atoms with Gasteiger partial charge in [0, 0.05) is 36.4 Å². The van der Waals surface area contributed by atoms with Gasteiger partial charge in [0.15, 0.2) is 0 Å². The van der Waals surface area contributed by atoms with Crippen LogP contribution < -0.4 is 10.6 Å². The van der Waals surface area contributed by atoms with Crippen LogP contribution >= 0.6 is 11.6 Å². The third-order valence-corrected chi connectivity index (χ3v) is 7.95. The fourth-order valence-corrected chi connectivity index (χ4v) is 5.50. The Hall–Kier alpha value is -4.30. The third-order valence-electron chi connectivity index (χ3n) is 7.66. The molecule has 0 bridgehead atoms. The second-order valence-electron chi connectivity index (χ2n) is 12.1. The molecule has 5 aromatic rings. The SMILES string of the molecule is Cn1cnc2cccc(C(Nc3cc(Cl)c4ncc(C#N)c(NCC(C)(C)C)c4c3)c3cn(C4(C(F)F)CC4)nn3)c21. The second-order valence-corrected chi connectivity index (χ2v) is 12.5. The molecule has 0 amide bonds. The largest absolute Gasteiger partial charge is 0.383 e. The average Bonchev–Trinajstić information content (AvgIpc) is 3.47. The maximum atomic E-state index is 13.9. The molecule has 3 aromatic heterocycles. The molecule has 3 heterocycles. The molecule has 9 nitrogen and oxygen atoms in total. The first-order valence-corrected chi connectivity index (χ1v) is 14.0. The summed E-state index contributed by atoms with van der Waals surface area (Å²) in [5, 5.41) is 26.4. The van der Waals surface area contributed by atoms with E-state index in [0.717, 1.165) is 16.6 Å². The highest BCUT2D eigenvalue weighted by Crippen LogP contribution is 2.48. The lowest BCUT2D eigenvalue weighted by Crippen LogP contribution is -2.26. The van der Waals surface area contributed by atoms with E-state index in [-0.39, 0.29) is 5.41 Å². The van der Waals surface area contributed by atoms with Crippen molar-refractivity contribution in [1.82, 2.24) is 29.5 Å². The minimum absolute atomic E-state index is 0.0438. The predicted molar refractivity (Wildman–Crippen MR) is 159 cm³/mol. The lowest BCUT2D eigenvalue weighted by Gasteiger charge is -2.23. The number of nitrogens with zero attached hydrogens (tertiary/aromatic N) is 7. The standard InChI is InChI=1S/C30H30ClF2N9/c1-29(2,3)15-36-24-17(12-34)13-35-25-20(24)10-18(11-21(25)31)38-26(19-6-5-7-22-27(19)41(4)16-37-22)23-14-42(40-39-23)30(8-9-30)28(32)33/h5-7,10-11,13-14,16,26,28,38H,8-9,15H2,1-4H3,(H,35,36). The van der Waals surface area contributed by atoms with Crippen LogP contribution in [0.25, 0.3) is 21.9 Å². The van der Waals surface area contributed by atoms with Gasteiger partial charge in [0.1, 0.15) is 17.3 Å². The van der Waals surface area contributed by atoms with Crippen molar-refractivity contribution in [2.45, 2.75) is 51.6 Å². The molecule has 1 aliphatic rings. The molecular formula is C30H30ClF2N9. The summed E-state index contributed by atoms with van der Waals surface area (Å²) >= 11 is 6.76. The Balaban J connectivity index is 1.49. The number of aromatic nitrogens is 6. The molecule has 0 saturated heterocycles. The zero-order valence-corrected chi connectivity index (χ0v) is 24.4. The number of halogens is 3. The van der Waals surface area contributed by atoms with E-state index >= 15 is 0 Å². The molecular weight excluding hydrogens is 560 g/mol. The van der Waals surface area contributed by atoms with Crippen molar-refractivity contribution in [2.75, 3.05) is 17.2 Å². The Morgan fingerprint density at radius 3 is 2.67 bits per heavy atom. The van der Waals surface area contributed by atoms with Crippen LogP contribution in [0.3, 0.4) is 0 Å². The predicted octanol–water partition coefficient (Wildman–Crippen LogP) is 6.65. The van der Waals surface area contributed by atoms with E-state index in [9.17, 15) is 14.0 Å². The van der Waals surface area contributed by atoms with Crippen LogP contribution in [0.15, 0.2) is 49.1 Å². The van der Waals surface area contributed by atoms with Crippen LogP contribution in [0.4, 0.5) is 20.2 Å². The number of nitriles is 1. The number of imidazole rings is 1. The number of para-hydroxylation sites is 1. The summed E-state index contributed by atoms with van der Waals surface area (Å²) in [6.07, 6.45) is 3.00. The monoisotopic (exact) mass is 589 g/mol. The van der Waals surface area contributed by atoms with Crippen molar-refractivity contribution < 1.29 is 8.78 Å². The summed E-state index contributed by atoms with van der Waals surface area (Å²) in [4.78, 5) is 8.95. The summed E-state index contributed by atoms with van der Waals surface area (Å²) in [5.41, 5.74) is 3.85. The van der Waals surface area contributed by atoms with Crippen molar-refractivity contribution in [2.24, 2.45) is 12.5 Å². The first-order valence-electron chi connectivity index (χ1n) is 13.6. The van der Waals surface area contributed by atoms with Gasteiger partial charge in [-0.3, -0.25) is 4.98 Å². The van der Waals surface area contributed by atoms with Crippen LogP contribution in [0.5, 0.6) is 0 Å². The lowest BCUT2D eigenvalue weighted by atomic mass is 9.96. The van der Waals surface area contributed by atoms with Crippen molar-refractivity contribution in [3.63, 3.8) is 0 Å². The Morgan fingerprint density at radius 2 is 1.98 bits per heavy atom.